The highest BCUT2D eigenvalue weighted by molar-refractivity contribution is 4.85. The third kappa shape index (κ3) is 5.56. The molecule has 1 aliphatic heterocycles. The monoisotopic (exact) mass is 295 g/mol. The van der Waals surface area contributed by atoms with E-state index < -0.39 is 0 Å². The standard InChI is InChI=1S/C19H37NO/c1-3-14-20-19(13-12-17-10-7-8-15-21-17)18-11-6-5-9-16(18)4-2/h16-20H,3-15H2,1-2H3. The fourth-order valence-electron chi connectivity index (χ4n) is 4.47. The average Bonchev–Trinajstić information content (AvgIpc) is 2.56. The lowest BCUT2D eigenvalue weighted by molar-refractivity contribution is 0.00595. The van der Waals surface area contributed by atoms with Crippen LogP contribution in [0.2, 0.25) is 0 Å². The average molecular weight is 296 g/mol. The van der Waals surface area contributed by atoms with Gasteiger partial charge in [0.2, 0.25) is 0 Å². The second-order valence-corrected chi connectivity index (χ2v) is 7.24. The van der Waals surface area contributed by atoms with Crippen molar-refractivity contribution in [3.8, 4) is 0 Å². The summed E-state index contributed by atoms with van der Waals surface area (Å²) in [6.45, 7) is 6.86. The van der Waals surface area contributed by atoms with Crippen LogP contribution < -0.4 is 5.32 Å². The van der Waals surface area contributed by atoms with Crippen LogP contribution in [-0.2, 0) is 4.74 Å². The molecular weight excluding hydrogens is 258 g/mol. The molecule has 4 unspecified atom stereocenters. The molecule has 1 saturated heterocycles. The van der Waals surface area contributed by atoms with Crippen LogP contribution in [0.25, 0.3) is 0 Å². The van der Waals surface area contributed by atoms with E-state index in [1.54, 1.807) is 0 Å². The van der Waals surface area contributed by atoms with Gasteiger partial charge in [-0.05, 0) is 63.3 Å². The molecule has 1 heterocycles. The summed E-state index contributed by atoms with van der Waals surface area (Å²) < 4.78 is 5.95. The van der Waals surface area contributed by atoms with Crippen molar-refractivity contribution in [3.05, 3.63) is 0 Å². The van der Waals surface area contributed by atoms with E-state index in [1.807, 2.05) is 0 Å². The van der Waals surface area contributed by atoms with E-state index in [0.717, 1.165) is 24.5 Å². The Morgan fingerprint density at radius 3 is 2.57 bits per heavy atom. The topological polar surface area (TPSA) is 21.3 Å². The number of hydrogen-bond acceptors (Lipinski definition) is 2. The van der Waals surface area contributed by atoms with Gasteiger partial charge in [0.05, 0.1) is 6.10 Å². The van der Waals surface area contributed by atoms with Gasteiger partial charge in [-0.1, -0.05) is 39.5 Å². The van der Waals surface area contributed by atoms with Gasteiger partial charge in [0, 0.05) is 12.6 Å². The molecule has 0 aromatic heterocycles. The third-order valence-corrected chi connectivity index (χ3v) is 5.74. The third-order valence-electron chi connectivity index (χ3n) is 5.74. The van der Waals surface area contributed by atoms with Gasteiger partial charge in [-0.15, -0.1) is 0 Å². The summed E-state index contributed by atoms with van der Waals surface area (Å²) in [5, 5.41) is 3.89. The van der Waals surface area contributed by atoms with Crippen molar-refractivity contribution in [3.63, 3.8) is 0 Å². The van der Waals surface area contributed by atoms with E-state index in [2.05, 4.69) is 19.2 Å². The van der Waals surface area contributed by atoms with Crippen molar-refractivity contribution in [2.24, 2.45) is 11.8 Å². The fraction of sp³-hybridized carbons (Fsp3) is 1.00. The zero-order valence-electron chi connectivity index (χ0n) is 14.4. The van der Waals surface area contributed by atoms with Crippen molar-refractivity contribution in [2.45, 2.75) is 96.6 Å². The Labute approximate surface area is 132 Å². The van der Waals surface area contributed by atoms with E-state index in [-0.39, 0.29) is 0 Å². The second-order valence-electron chi connectivity index (χ2n) is 7.24. The smallest absolute Gasteiger partial charge is 0.0575 e. The molecule has 2 fully saturated rings. The summed E-state index contributed by atoms with van der Waals surface area (Å²) in [5.41, 5.74) is 0. The Morgan fingerprint density at radius 1 is 1.05 bits per heavy atom. The lowest BCUT2D eigenvalue weighted by atomic mass is 9.72. The Morgan fingerprint density at radius 2 is 1.86 bits per heavy atom. The van der Waals surface area contributed by atoms with Gasteiger partial charge in [0.15, 0.2) is 0 Å². The van der Waals surface area contributed by atoms with Gasteiger partial charge in [-0.3, -0.25) is 0 Å². The van der Waals surface area contributed by atoms with Crippen molar-refractivity contribution < 1.29 is 4.74 Å². The predicted octanol–water partition coefficient (Wildman–Crippen LogP) is 4.92. The van der Waals surface area contributed by atoms with Gasteiger partial charge in [0.1, 0.15) is 0 Å². The number of rotatable bonds is 8. The molecule has 1 N–H and O–H groups in total. The van der Waals surface area contributed by atoms with E-state index >= 15 is 0 Å². The Hall–Kier alpha value is -0.0800. The van der Waals surface area contributed by atoms with Crippen LogP contribution in [-0.4, -0.2) is 25.3 Å². The van der Waals surface area contributed by atoms with Gasteiger partial charge < -0.3 is 10.1 Å². The molecule has 124 valence electrons. The van der Waals surface area contributed by atoms with Crippen LogP contribution in [0.3, 0.4) is 0 Å². The van der Waals surface area contributed by atoms with Crippen LogP contribution in [0.4, 0.5) is 0 Å². The van der Waals surface area contributed by atoms with E-state index in [0.29, 0.717) is 6.10 Å². The first-order valence-corrected chi connectivity index (χ1v) is 9.70. The zero-order valence-corrected chi connectivity index (χ0v) is 14.4. The normalized spacial score (nSPS) is 32.0. The van der Waals surface area contributed by atoms with E-state index in [4.69, 9.17) is 4.74 Å². The lowest BCUT2D eigenvalue weighted by Crippen LogP contribution is -2.42. The summed E-state index contributed by atoms with van der Waals surface area (Å²) in [6.07, 6.45) is 15.5. The van der Waals surface area contributed by atoms with Crippen LogP contribution in [0, 0.1) is 11.8 Å². The Balaban J connectivity index is 1.85. The highest BCUT2D eigenvalue weighted by Crippen LogP contribution is 2.36. The summed E-state index contributed by atoms with van der Waals surface area (Å²) in [5.74, 6) is 1.87. The van der Waals surface area contributed by atoms with Gasteiger partial charge in [-0.2, -0.15) is 0 Å². The van der Waals surface area contributed by atoms with Crippen LogP contribution in [0.5, 0.6) is 0 Å². The zero-order chi connectivity index (χ0) is 14.9. The van der Waals surface area contributed by atoms with E-state index in [9.17, 15) is 0 Å². The molecular formula is C19H37NO. The maximum atomic E-state index is 5.95. The predicted molar refractivity (Wildman–Crippen MR) is 90.6 cm³/mol. The molecule has 1 saturated carbocycles. The maximum absolute atomic E-state index is 5.95. The second kappa shape index (κ2) is 9.84. The highest BCUT2D eigenvalue weighted by Gasteiger charge is 2.30. The molecule has 21 heavy (non-hydrogen) atoms. The molecule has 1 aliphatic carbocycles. The first-order valence-electron chi connectivity index (χ1n) is 9.70. The largest absolute Gasteiger partial charge is 0.378 e. The number of nitrogens with one attached hydrogen (secondary N) is 1. The summed E-state index contributed by atoms with van der Waals surface area (Å²) in [6, 6.07) is 0.737. The molecule has 0 aromatic carbocycles. The first kappa shape index (κ1) is 17.3. The molecule has 2 heteroatoms. The van der Waals surface area contributed by atoms with Crippen LogP contribution >= 0.6 is 0 Å². The molecule has 2 nitrogen and oxygen atoms in total. The molecule has 4 atom stereocenters. The Kier molecular flexibility index (Phi) is 8.10. The summed E-state index contributed by atoms with van der Waals surface area (Å²) >= 11 is 0. The van der Waals surface area contributed by atoms with Crippen LogP contribution in [0.1, 0.15) is 84.5 Å². The molecule has 2 rings (SSSR count). The van der Waals surface area contributed by atoms with E-state index in [1.165, 1.54) is 77.2 Å². The molecule has 0 amide bonds. The molecule has 0 radical (unpaired) electrons. The minimum atomic E-state index is 0.549. The molecule has 0 aromatic rings. The number of ether oxygens (including phenoxy) is 1. The van der Waals surface area contributed by atoms with Crippen molar-refractivity contribution in [1.29, 1.82) is 0 Å². The lowest BCUT2D eigenvalue weighted by Gasteiger charge is -2.38. The minimum absolute atomic E-state index is 0.549. The highest BCUT2D eigenvalue weighted by atomic mass is 16.5. The molecule has 2 aliphatic rings. The quantitative estimate of drug-likeness (QED) is 0.686. The van der Waals surface area contributed by atoms with Crippen LogP contribution in [0.15, 0.2) is 0 Å². The first-order chi connectivity index (χ1) is 10.3. The van der Waals surface area contributed by atoms with Crippen molar-refractivity contribution in [1.82, 2.24) is 5.32 Å². The van der Waals surface area contributed by atoms with Gasteiger partial charge in [0.25, 0.3) is 0 Å². The number of hydrogen-bond donors (Lipinski definition) is 1. The maximum Gasteiger partial charge on any atom is 0.0575 e. The van der Waals surface area contributed by atoms with Gasteiger partial charge >= 0.3 is 0 Å². The Bertz CT molecular complexity index is 262. The SMILES string of the molecule is CCCNC(CCC1CCCCO1)C1CCCCC1CC. The minimum Gasteiger partial charge on any atom is -0.378 e. The summed E-state index contributed by atoms with van der Waals surface area (Å²) in [4.78, 5) is 0. The summed E-state index contributed by atoms with van der Waals surface area (Å²) in [7, 11) is 0. The fourth-order valence-corrected chi connectivity index (χ4v) is 4.47. The van der Waals surface area contributed by atoms with Gasteiger partial charge in [-0.25, -0.2) is 0 Å². The van der Waals surface area contributed by atoms with Crippen molar-refractivity contribution in [2.75, 3.05) is 13.2 Å². The molecule has 0 spiro atoms. The molecule has 0 bridgehead atoms. The van der Waals surface area contributed by atoms with Crippen molar-refractivity contribution >= 4 is 0 Å².